The third-order valence-corrected chi connectivity index (χ3v) is 4.18. The molecule has 0 aliphatic carbocycles. The molecule has 0 saturated heterocycles. The quantitative estimate of drug-likeness (QED) is 0.654. The van der Waals surface area contributed by atoms with Crippen LogP contribution in [-0.2, 0) is 11.0 Å². The van der Waals surface area contributed by atoms with Gasteiger partial charge in [-0.1, -0.05) is 11.6 Å². The largest absolute Gasteiger partial charge is 0.455 e. The third kappa shape index (κ3) is 4.80. The Labute approximate surface area is 152 Å². The van der Waals surface area contributed by atoms with E-state index in [1.54, 1.807) is 26.0 Å². The number of nitrogens with one attached hydrogen (secondary N) is 1. The van der Waals surface area contributed by atoms with E-state index in [-0.39, 0.29) is 11.4 Å². The van der Waals surface area contributed by atoms with Gasteiger partial charge in [0.05, 0.1) is 11.3 Å². The first kappa shape index (κ1) is 19.4. The van der Waals surface area contributed by atoms with Gasteiger partial charge in [-0.3, -0.25) is 4.79 Å². The summed E-state index contributed by atoms with van der Waals surface area (Å²) in [5.41, 5.74) is 0.490. The van der Waals surface area contributed by atoms with Crippen LogP contribution in [0.3, 0.4) is 0 Å². The van der Waals surface area contributed by atoms with Gasteiger partial charge >= 0.3 is 6.18 Å². The van der Waals surface area contributed by atoms with Crippen molar-refractivity contribution in [3.8, 4) is 11.5 Å². The zero-order valence-electron chi connectivity index (χ0n) is 13.3. The summed E-state index contributed by atoms with van der Waals surface area (Å²) in [6.07, 6.45) is -4.55. The van der Waals surface area contributed by atoms with Gasteiger partial charge in [-0.05, 0) is 55.3 Å². The number of ether oxygens (including phenoxy) is 1. The molecule has 0 unspecified atom stereocenters. The number of hydrogen-bond donors (Lipinski definition) is 1. The normalized spacial score (nSPS) is 11.3. The lowest BCUT2D eigenvalue weighted by Crippen LogP contribution is -2.14. The lowest BCUT2D eigenvalue weighted by atomic mass is 10.1. The average molecular weight is 392 g/mol. The van der Waals surface area contributed by atoms with E-state index in [1.807, 2.05) is 0 Å². The van der Waals surface area contributed by atoms with Crippen molar-refractivity contribution in [2.75, 3.05) is 11.2 Å². The van der Waals surface area contributed by atoms with Gasteiger partial charge in [0.2, 0.25) is 5.91 Å². The topological polar surface area (TPSA) is 38.3 Å². The van der Waals surface area contributed by atoms with Crippen LogP contribution in [0.1, 0.15) is 16.7 Å². The van der Waals surface area contributed by atoms with E-state index >= 15 is 0 Å². The van der Waals surface area contributed by atoms with Crippen LogP contribution in [0.2, 0.25) is 5.02 Å². The molecule has 3 nitrogen and oxygen atoms in total. The average Bonchev–Trinajstić information content (AvgIpc) is 2.53. The van der Waals surface area contributed by atoms with E-state index in [1.165, 1.54) is 0 Å². The first-order valence-corrected chi connectivity index (χ1v) is 8.04. The van der Waals surface area contributed by atoms with Crippen LogP contribution in [0.4, 0.5) is 18.9 Å². The maximum atomic E-state index is 12.9. The van der Waals surface area contributed by atoms with Crippen molar-refractivity contribution in [1.82, 2.24) is 0 Å². The van der Waals surface area contributed by atoms with Crippen molar-refractivity contribution in [2.45, 2.75) is 20.0 Å². The van der Waals surface area contributed by atoms with Crippen LogP contribution in [0.15, 0.2) is 30.3 Å². The predicted octanol–water partition coefficient (Wildman–Crippen LogP) is 5.95. The molecule has 0 radical (unpaired) electrons. The second kappa shape index (κ2) is 7.54. The number of hydrogen-bond acceptors (Lipinski definition) is 2. The molecule has 0 saturated carbocycles. The standard InChI is InChI=1S/C17H14Cl2F3NO2/c1-9-5-12(6-10(2)16(9)19)25-14-4-3-11(17(20,21)22)7-13(14)23-15(24)8-18/h3-7H,8H2,1-2H3,(H,23,24). The second-order valence-corrected chi connectivity index (χ2v) is 6.01. The summed E-state index contributed by atoms with van der Waals surface area (Å²) < 4.78 is 44.4. The van der Waals surface area contributed by atoms with E-state index in [4.69, 9.17) is 27.9 Å². The number of amides is 1. The fourth-order valence-electron chi connectivity index (χ4n) is 2.17. The summed E-state index contributed by atoms with van der Waals surface area (Å²) in [5.74, 6) is -0.586. The van der Waals surface area contributed by atoms with Crippen molar-refractivity contribution in [3.05, 3.63) is 52.0 Å². The molecule has 1 N–H and O–H groups in total. The smallest absolute Gasteiger partial charge is 0.416 e. The first-order valence-electron chi connectivity index (χ1n) is 7.13. The predicted molar refractivity (Wildman–Crippen MR) is 91.8 cm³/mol. The number of carbonyl (C=O) groups is 1. The van der Waals surface area contributed by atoms with Crippen LogP contribution in [0.25, 0.3) is 0 Å². The number of benzene rings is 2. The molecule has 0 atom stereocenters. The molecule has 25 heavy (non-hydrogen) atoms. The molecule has 8 heteroatoms. The summed E-state index contributed by atoms with van der Waals surface area (Å²) in [4.78, 5) is 11.5. The van der Waals surface area contributed by atoms with E-state index < -0.39 is 23.5 Å². The summed E-state index contributed by atoms with van der Waals surface area (Å²) in [5, 5.41) is 2.89. The molecular weight excluding hydrogens is 378 g/mol. The molecule has 0 aliphatic rings. The lowest BCUT2D eigenvalue weighted by Gasteiger charge is -2.16. The molecule has 2 rings (SSSR count). The molecular formula is C17H14Cl2F3NO2. The number of rotatable bonds is 4. The highest BCUT2D eigenvalue weighted by molar-refractivity contribution is 6.32. The van der Waals surface area contributed by atoms with Crippen LogP contribution in [0.5, 0.6) is 11.5 Å². The first-order chi connectivity index (χ1) is 11.6. The van der Waals surface area contributed by atoms with Crippen LogP contribution < -0.4 is 10.1 Å². The maximum Gasteiger partial charge on any atom is 0.416 e. The fourth-order valence-corrected chi connectivity index (χ4v) is 2.34. The van der Waals surface area contributed by atoms with Gasteiger partial charge in [-0.25, -0.2) is 0 Å². The molecule has 0 fully saturated rings. The second-order valence-electron chi connectivity index (χ2n) is 5.36. The van der Waals surface area contributed by atoms with E-state index in [9.17, 15) is 18.0 Å². The Hall–Kier alpha value is -1.92. The van der Waals surface area contributed by atoms with Crippen molar-refractivity contribution >= 4 is 34.8 Å². The Morgan fingerprint density at radius 2 is 1.76 bits per heavy atom. The zero-order chi connectivity index (χ0) is 18.8. The number of alkyl halides is 4. The molecule has 2 aromatic carbocycles. The van der Waals surface area contributed by atoms with Crippen LogP contribution in [-0.4, -0.2) is 11.8 Å². The number of aryl methyl sites for hydroxylation is 2. The summed E-state index contributed by atoms with van der Waals surface area (Å²) in [7, 11) is 0. The Kier molecular flexibility index (Phi) is 5.85. The summed E-state index contributed by atoms with van der Waals surface area (Å²) in [6, 6.07) is 6.13. The monoisotopic (exact) mass is 391 g/mol. The van der Waals surface area contributed by atoms with Gasteiger partial charge in [0, 0.05) is 5.02 Å². The summed E-state index contributed by atoms with van der Waals surface area (Å²) >= 11 is 11.5. The zero-order valence-corrected chi connectivity index (χ0v) is 14.8. The van der Waals surface area contributed by atoms with Gasteiger partial charge < -0.3 is 10.1 Å². The minimum Gasteiger partial charge on any atom is -0.455 e. The molecule has 0 heterocycles. The molecule has 0 aromatic heterocycles. The fraction of sp³-hybridized carbons (Fsp3) is 0.235. The Morgan fingerprint density at radius 1 is 1.16 bits per heavy atom. The van der Waals surface area contributed by atoms with E-state index in [0.29, 0.717) is 10.8 Å². The highest BCUT2D eigenvalue weighted by atomic mass is 35.5. The number of carbonyl (C=O) groups excluding carboxylic acids is 1. The molecule has 1 amide bonds. The van der Waals surface area contributed by atoms with Crippen LogP contribution in [0, 0.1) is 13.8 Å². The van der Waals surface area contributed by atoms with Crippen molar-refractivity contribution in [2.24, 2.45) is 0 Å². The molecule has 0 bridgehead atoms. The molecule has 134 valence electrons. The van der Waals surface area contributed by atoms with Crippen LogP contribution >= 0.6 is 23.2 Å². The highest BCUT2D eigenvalue weighted by Crippen LogP contribution is 2.37. The molecule has 0 spiro atoms. The third-order valence-electron chi connectivity index (χ3n) is 3.34. The van der Waals surface area contributed by atoms with Crippen molar-refractivity contribution in [3.63, 3.8) is 0 Å². The van der Waals surface area contributed by atoms with Crippen molar-refractivity contribution in [1.29, 1.82) is 0 Å². The van der Waals surface area contributed by atoms with E-state index in [2.05, 4.69) is 5.32 Å². The van der Waals surface area contributed by atoms with Gasteiger partial charge in [0.15, 0.2) is 5.75 Å². The van der Waals surface area contributed by atoms with Gasteiger partial charge in [-0.15, -0.1) is 11.6 Å². The molecule has 2 aromatic rings. The van der Waals surface area contributed by atoms with Gasteiger partial charge in [-0.2, -0.15) is 13.2 Å². The van der Waals surface area contributed by atoms with Crippen molar-refractivity contribution < 1.29 is 22.7 Å². The molecule has 0 aliphatic heterocycles. The minimum absolute atomic E-state index is 0.0626. The maximum absolute atomic E-state index is 12.9. The minimum atomic E-state index is -4.55. The lowest BCUT2D eigenvalue weighted by molar-refractivity contribution is -0.137. The number of halogens is 5. The number of anilines is 1. The Balaban J connectivity index is 2.43. The van der Waals surface area contributed by atoms with Gasteiger partial charge in [0.1, 0.15) is 11.6 Å². The van der Waals surface area contributed by atoms with E-state index in [0.717, 1.165) is 29.3 Å². The highest BCUT2D eigenvalue weighted by Gasteiger charge is 2.31. The SMILES string of the molecule is Cc1cc(Oc2ccc(C(F)(F)F)cc2NC(=O)CCl)cc(C)c1Cl. The Morgan fingerprint density at radius 3 is 2.28 bits per heavy atom. The van der Waals surface area contributed by atoms with Gasteiger partial charge in [0.25, 0.3) is 0 Å². The summed E-state index contributed by atoms with van der Waals surface area (Å²) in [6.45, 7) is 3.57. The Bertz CT molecular complexity index is 784.